The quantitative estimate of drug-likeness (QED) is 0.623. The molecule has 0 amide bonds. The van der Waals surface area contributed by atoms with Gasteiger partial charge in [-0.3, -0.25) is 0 Å². The fraction of sp³-hybridized carbons (Fsp3) is 0.222. The van der Waals surface area contributed by atoms with Crippen molar-refractivity contribution in [3.8, 4) is 6.07 Å². The summed E-state index contributed by atoms with van der Waals surface area (Å²) >= 11 is 3.23. The highest BCUT2D eigenvalue weighted by atomic mass is 79.9. The predicted molar refractivity (Wildman–Crippen MR) is 61.6 cm³/mol. The molecule has 0 aliphatic rings. The molecule has 0 saturated carbocycles. The summed E-state index contributed by atoms with van der Waals surface area (Å²) in [7, 11) is 1.47. The maximum absolute atomic E-state index is 11.2. The van der Waals surface area contributed by atoms with Gasteiger partial charge in [0.05, 0.1) is 16.5 Å². The maximum Gasteiger partial charge on any atom is 0.261 e. The molecule has 0 aliphatic carbocycles. The molecule has 0 unspecified atom stereocenters. The monoisotopic (exact) mass is 307 g/mol. The Morgan fingerprint density at radius 3 is 2.53 bits per heavy atom. The minimum atomic E-state index is -3.80. The number of alkyl halides is 1. The zero-order valence-corrected chi connectivity index (χ0v) is 10.9. The van der Waals surface area contributed by atoms with Gasteiger partial charge < -0.3 is 0 Å². The molecule has 0 heterocycles. The van der Waals surface area contributed by atoms with Crippen molar-refractivity contribution in [2.75, 3.05) is 0 Å². The zero-order chi connectivity index (χ0) is 11.6. The second-order valence-corrected chi connectivity index (χ2v) is 6.04. The van der Waals surface area contributed by atoms with E-state index in [1.807, 2.05) is 6.07 Å². The maximum atomic E-state index is 11.2. The molecule has 1 rings (SSSR count). The summed E-state index contributed by atoms with van der Waals surface area (Å²) in [5.41, 5.74) is 1.60. The third-order valence-corrected chi connectivity index (χ3v) is 4.06. The number of hydrogen-bond acceptors (Lipinski definition) is 3. The number of nitriles is 1. The molecule has 1 aromatic carbocycles. The average Bonchev–Trinajstić information content (AvgIpc) is 2.16. The topological polar surface area (TPSA) is 57.9 Å². The lowest BCUT2D eigenvalue weighted by atomic mass is 10.1. The molecule has 0 atom stereocenters. The summed E-state index contributed by atoms with van der Waals surface area (Å²) < 4.78 is 22.5. The second kappa shape index (κ2) is 4.52. The van der Waals surface area contributed by atoms with E-state index in [4.69, 9.17) is 15.9 Å². The van der Waals surface area contributed by atoms with Crippen LogP contribution < -0.4 is 0 Å². The van der Waals surface area contributed by atoms with Gasteiger partial charge >= 0.3 is 0 Å². The standard InChI is InChI=1S/C9H7BrClNO2S/c1-6-8(4-10)2-7(5-12)3-9(6)15(11,13)14/h2-3H,4H2,1H3. The van der Waals surface area contributed by atoms with Crippen LogP contribution in [-0.2, 0) is 14.4 Å². The van der Waals surface area contributed by atoms with Gasteiger partial charge in [-0.15, -0.1) is 0 Å². The first-order valence-electron chi connectivity index (χ1n) is 3.94. The van der Waals surface area contributed by atoms with E-state index in [9.17, 15) is 8.42 Å². The highest BCUT2D eigenvalue weighted by molar-refractivity contribution is 9.08. The van der Waals surface area contributed by atoms with Crippen LogP contribution in [0.3, 0.4) is 0 Å². The summed E-state index contributed by atoms with van der Waals surface area (Å²) in [6, 6.07) is 4.81. The van der Waals surface area contributed by atoms with Gasteiger partial charge in [-0.25, -0.2) is 8.42 Å². The van der Waals surface area contributed by atoms with E-state index < -0.39 is 9.05 Å². The minimum Gasteiger partial charge on any atom is -0.207 e. The Balaban J connectivity index is 3.60. The van der Waals surface area contributed by atoms with Crippen LogP contribution in [0.15, 0.2) is 17.0 Å². The van der Waals surface area contributed by atoms with Gasteiger partial charge in [-0.05, 0) is 30.2 Å². The van der Waals surface area contributed by atoms with Crippen molar-refractivity contribution < 1.29 is 8.42 Å². The molecular weight excluding hydrogens is 302 g/mol. The van der Waals surface area contributed by atoms with Crippen LogP contribution >= 0.6 is 26.6 Å². The van der Waals surface area contributed by atoms with Crippen molar-refractivity contribution in [3.63, 3.8) is 0 Å². The van der Waals surface area contributed by atoms with E-state index in [0.29, 0.717) is 10.9 Å². The highest BCUT2D eigenvalue weighted by Gasteiger charge is 2.16. The molecule has 80 valence electrons. The lowest BCUT2D eigenvalue weighted by Crippen LogP contribution is -1.99. The van der Waals surface area contributed by atoms with E-state index in [1.165, 1.54) is 6.07 Å². The molecule has 6 heteroatoms. The minimum absolute atomic E-state index is 0.00216. The van der Waals surface area contributed by atoms with E-state index in [0.717, 1.165) is 5.56 Å². The highest BCUT2D eigenvalue weighted by Crippen LogP contribution is 2.25. The number of rotatable bonds is 2. The van der Waals surface area contributed by atoms with Gasteiger partial charge in [0, 0.05) is 16.0 Å². The molecule has 1 aromatic rings. The summed E-state index contributed by atoms with van der Waals surface area (Å²) in [4.78, 5) is -0.00216. The van der Waals surface area contributed by atoms with Crippen LogP contribution in [0.25, 0.3) is 0 Å². The number of nitrogens with zero attached hydrogens (tertiary/aromatic N) is 1. The van der Waals surface area contributed by atoms with E-state index in [2.05, 4.69) is 15.9 Å². The molecule has 15 heavy (non-hydrogen) atoms. The largest absolute Gasteiger partial charge is 0.261 e. The van der Waals surface area contributed by atoms with Gasteiger partial charge in [-0.1, -0.05) is 15.9 Å². The number of hydrogen-bond donors (Lipinski definition) is 0. The third kappa shape index (κ3) is 2.71. The Morgan fingerprint density at radius 1 is 1.53 bits per heavy atom. The van der Waals surface area contributed by atoms with Crippen molar-refractivity contribution >= 4 is 35.7 Å². The van der Waals surface area contributed by atoms with Crippen LogP contribution in [0.2, 0.25) is 0 Å². The van der Waals surface area contributed by atoms with E-state index in [-0.39, 0.29) is 10.5 Å². The van der Waals surface area contributed by atoms with Crippen molar-refractivity contribution in [1.29, 1.82) is 5.26 Å². The number of benzene rings is 1. The molecule has 0 spiro atoms. The summed E-state index contributed by atoms with van der Waals surface area (Å²) in [5, 5.41) is 9.22. The second-order valence-electron chi connectivity index (χ2n) is 2.94. The van der Waals surface area contributed by atoms with Crippen molar-refractivity contribution in [3.05, 3.63) is 28.8 Å². The van der Waals surface area contributed by atoms with Crippen LogP contribution in [0.4, 0.5) is 0 Å². The van der Waals surface area contributed by atoms with E-state index in [1.54, 1.807) is 13.0 Å². The van der Waals surface area contributed by atoms with Gasteiger partial charge in [-0.2, -0.15) is 5.26 Å². The molecule has 0 aliphatic heterocycles. The Bertz CT molecular complexity index is 534. The van der Waals surface area contributed by atoms with Gasteiger partial charge in [0.1, 0.15) is 0 Å². The van der Waals surface area contributed by atoms with Gasteiger partial charge in [0.15, 0.2) is 0 Å². The van der Waals surface area contributed by atoms with Crippen molar-refractivity contribution in [2.45, 2.75) is 17.1 Å². The lowest BCUT2D eigenvalue weighted by Gasteiger charge is -2.07. The first-order valence-corrected chi connectivity index (χ1v) is 7.37. The molecular formula is C9H7BrClNO2S. The normalized spacial score (nSPS) is 11.1. The predicted octanol–water partition coefficient (Wildman–Crippen LogP) is 2.69. The molecule has 3 nitrogen and oxygen atoms in total. The first-order chi connectivity index (χ1) is 6.90. The third-order valence-electron chi connectivity index (χ3n) is 2.00. The van der Waals surface area contributed by atoms with Crippen LogP contribution in [0, 0.1) is 18.3 Å². The zero-order valence-electron chi connectivity index (χ0n) is 7.79. The lowest BCUT2D eigenvalue weighted by molar-refractivity contribution is 0.609. The van der Waals surface area contributed by atoms with Crippen LogP contribution in [0.1, 0.15) is 16.7 Å². The van der Waals surface area contributed by atoms with Crippen molar-refractivity contribution in [2.24, 2.45) is 0 Å². The van der Waals surface area contributed by atoms with E-state index >= 15 is 0 Å². The Labute approximate surface area is 101 Å². The van der Waals surface area contributed by atoms with Crippen molar-refractivity contribution in [1.82, 2.24) is 0 Å². The van der Waals surface area contributed by atoms with Gasteiger partial charge in [0.2, 0.25) is 0 Å². The number of halogens is 2. The molecule has 0 radical (unpaired) electrons. The SMILES string of the molecule is Cc1c(CBr)cc(C#N)cc1S(=O)(=O)Cl. The summed E-state index contributed by atoms with van der Waals surface area (Å²) in [5.74, 6) is 0. The molecule has 0 saturated heterocycles. The van der Waals surface area contributed by atoms with Gasteiger partial charge in [0.25, 0.3) is 9.05 Å². The Morgan fingerprint density at radius 2 is 2.13 bits per heavy atom. The molecule has 0 aromatic heterocycles. The molecule has 0 N–H and O–H groups in total. The fourth-order valence-electron chi connectivity index (χ4n) is 1.20. The summed E-state index contributed by atoms with van der Waals surface area (Å²) in [6.45, 7) is 1.66. The van der Waals surface area contributed by atoms with Crippen LogP contribution in [-0.4, -0.2) is 8.42 Å². The summed E-state index contributed by atoms with van der Waals surface area (Å²) in [6.07, 6.45) is 0. The van der Waals surface area contributed by atoms with Crippen LogP contribution in [0.5, 0.6) is 0 Å². The fourth-order valence-corrected chi connectivity index (χ4v) is 3.03. The molecule has 0 bridgehead atoms. The Hall–Kier alpha value is -0.570. The Kier molecular flexibility index (Phi) is 3.77. The smallest absolute Gasteiger partial charge is 0.207 e. The first kappa shape index (κ1) is 12.5. The average molecular weight is 309 g/mol. The molecule has 0 fully saturated rings.